The van der Waals surface area contributed by atoms with Gasteiger partial charge in [-0.1, -0.05) is 25.5 Å². The van der Waals surface area contributed by atoms with Gasteiger partial charge in [0.05, 0.1) is 12.1 Å². The number of amides is 1. The third kappa shape index (κ3) is 4.15. The highest BCUT2D eigenvalue weighted by Gasteiger charge is 2.15. The number of halogens is 1. The molecule has 0 saturated heterocycles. The molecule has 0 aliphatic carbocycles. The zero-order valence-corrected chi connectivity index (χ0v) is 10.2. The molecule has 94 valence electrons. The SMILES string of the molecule is CCC[C@H](N)C(=O)NC(C)c1ccc(F)cc1. The Kier molecular flexibility index (Phi) is 5.10. The average molecular weight is 238 g/mol. The summed E-state index contributed by atoms with van der Waals surface area (Å²) < 4.78 is 12.7. The van der Waals surface area contributed by atoms with E-state index in [1.165, 1.54) is 12.1 Å². The molecule has 0 spiro atoms. The first kappa shape index (κ1) is 13.6. The Balaban J connectivity index is 2.57. The van der Waals surface area contributed by atoms with E-state index in [1.807, 2.05) is 13.8 Å². The van der Waals surface area contributed by atoms with Gasteiger partial charge >= 0.3 is 0 Å². The fourth-order valence-electron chi connectivity index (χ4n) is 1.60. The molecule has 0 aliphatic rings. The van der Waals surface area contributed by atoms with Crippen molar-refractivity contribution in [1.82, 2.24) is 5.32 Å². The minimum Gasteiger partial charge on any atom is -0.348 e. The Morgan fingerprint density at radius 1 is 1.41 bits per heavy atom. The van der Waals surface area contributed by atoms with Crippen LogP contribution in [-0.2, 0) is 4.79 Å². The lowest BCUT2D eigenvalue weighted by molar-refractivity contribution is -0.123. The maximum absolute atomic E-state index is 12.7. The molecule has 0 aromatic heterocycles. The van der Waals surface area contributed by atoms with E-state index >= 15 is 0 Å². The van der Waals surface area contributed by atoms with Gasteiger partial charge in [0, 0.05) is 0 Å². The van der Waals surface area contributed by atoms with Gasteiger partial charge < -0.3 is 11.1 Å². The second-order valence-corrected chi connectivity index (χ2v) is 4.18. The van der Waals surface area contributed by atoms with Crippen molar-refractivity contribution in [3.63, 3.8) is 0 Å². The number of carbonyl (C=O) groups is 1. The third-order valence-electron chi connectivity index (χ3n) is 2.67. The minimum atomic E-state index is -0.470. The zero-order valence-electron chi connectivity index (χ0n) is 10.2. The smallest absolute Gasteiger partial charge is 0.237 e. The van der Waals surface area contributed by atoms with Crippen LogP contribution in [0.15, 0.2) is 24.3 Å². The second kappa shape index (κ2) is 6.35. The Labute approximate surface area is 101 Å². The molecule has 2 atom stereocenters. The quantitative estimate of drug-likeness (QED) is 0.825. The predicted octanol–water partition coefficient (Wildman–Crippen LogP) is 2.13. The summed E-state index contributed by atoms with van der Waals surface area (Å²) >= 11 is 0. The molecule has 1 amide bonds. The van der Waals surface area contributed by atoms with E-state index in [4.69, 9.17) is 5.73 Å². The topological polar surface area (TPSA) is 55.1 Å². The third-order valence-corrected chi connectivity index (χ3v) is 2.67. The highest BCUT2D eigenvalue weighted by atomic mass is 19.1. The number of benzene rings is 1. The molecule has 1 unspecified atom stereocenters. The van der Waals surface area contributed by atoms with Gasteiger partial charge in [0.25, 0.3) is 0 Å². The van der Waals surface area contributed by atoms with Crippen molar-refractivity contribution >= 4 is 5.91 Å². The van der Waals surface area contributed by atoms with Crippen molar-refractivity contribution in [3.8, 4) is 0 Å². The van der Waals surface area contributed by atoms with Gasteiger partial charge in [-0.05, 0) is 31.0 Å². The molecule has 0 fully saturated rings. The van der Waals surface area contributed by atoms with Crippen molar-refractivity contribution in [3.05, 3.63) is 35.6 Å². The fourth-order valence-corrected chi connectivity index (χ4v) is 1.60. The molecular weight excluding hydrogens is 219 g/mol. The van der Waals surface area contributed by atoms with Crippen LogP contribution in [0, 0.1) is 5.82 Å². The second-order valence-electron chi connectivity index (χ2n) is 4.18. The number of carbonyl (C=O) groups excluding carboxylic acids is 1. The van der Waals surface area contributed by atoms with Crippen LogP contribution in [0.25, 0.3) is 0 Å². The predicted molar refractivity (Wildman–Crippen MR) is 65.8 cm³/mol. The highest BCUT2D eigenvalue weighted by Crippen LogP contribution is 2.13. The number of hydrogen-bond acceptors (Lipinski definition) is 2. The molecule has 0 heterocycles. The monoisotopic (exact) mass is 238 g/mol. The van der Waals surface area contributed by atoms with Gasteiger partial charge in [0.1, 0.15) is 5.82 Å². The molecule has 0 saturated carbocycles. The molecule has 0 aliphatic heterocycles. The van der Waals surface area contributed by atoms with Crippen molar-refractivity contribution in [2.24, 2.45) is 5.73 Å². The maximum Gasteiger partial charge on any atom is 0.237 e. The number of hydrogen-bond donors (Lipinski definition) is 2. The molecule has 1 aromatic carbocycles. The Morgan fingerprint density at radius 2 is 2.00 bits per heavy atom. The van der Waals surface area contributed by atoms with Crippen molar-refractivity contribution in [2.45, 2.75) is 38.8 Å². The van der Waals surface area contributed by atoms with Crippen LogP contribution < -0.4 is 11.1 Å². The van der Waals surface area contributed by atoms with E-state index in [-0.39, 0.29) is 17.8 Å². The van der Waals surface area contributed by atoms with E-state index in [2.05, 4.69) is 5.32 Å². The summed E-state index contributed by atoms with van der Waals surface area (Å²) in [6.07, 6.45) is 1.54. The summed E-state index contributed by atoms with van der Waals surface area (Å²) in [4.78, 5) is 11.7. The van der Waals surface area contributed by atoms with E-state index in [9.17, 15) is 9.18 Å². The molecule has 17 heavy (non-hydrogen) atoms. The minimum absolute atomic E-state index is 0.161. The molecule has 0 radical (unpaired) electrons. The van der Waals surface area contributed by atoms with E-state index in [1.54, 1.807) is 12.1 Å². The van der Waals surface area contributed by atoms with Gasteiger partial charge in [-0.2, -0.15) is 0 Å². The van der Waals surface area contributed by atoms with Crippen LogP contribution in [-0.4, -0.2) is 11.9 Å². The van der Waals surface area contributed by atoms with Crippen LogP contribution >= 0.6 is 0 Å². The number of nitrogens with two attached hydrogens (primary N) is 1. The van der Waals surface area contributed by atoms with Crippen molar-refractivity contribution in [1.29, 1.82) is 0 Å². The van der Waals surface area contributed by atoms with Gasteiger partial charge in [-0.15, -0.1) is 0 Å². The molecule has 3 nitrogen and oxygen atoms in total. The summed E-state index contributed by atoms with van der Waals surface area (Å²) in [7, 11) is 0. The lowest BCUT2D eigenvalue weighted by Crippen LogP contribution is -2.41. The van der Waals surface area contributed by atoms with E-state index in [0.29, 0.717) is 6.42 Å². The largest absolute Gasteiger partial charge is 0.348 e. The molecule has 3 N–H and O–H groups in total. The van der Waals surface area contributed by atoms with Gasteiger partial charge in [0.2, 0.25) is 5.91 Å². The van der Waals surface area contributed by atoms with Gasteiger partial charge in [0.15, 0.2) is 0 Å². The normalized spacial score (nSPS) is 14.1. The summed E-state index contributed by atoms with van der Waals surface area (Å²) in [5.41, 5.74) is 6.57. The molecule has 0 bridgehead atoms. The molecule has 1 rings (SSSR count). The van der Waals surface area contributed by atoms with Crippen LogP contribution in [0.1, 0.15) is 38.3 Å². The number of nitrogens with one attached hydrogen (secondary N) is 1. The first-order valence-corrected chi connectivity index (χ1v) is 5.86. The van der Waals surface area contributed by atoms with Crippen molar-refractivity contribution in [2.75, 3.05) is 0 Å². The van der Waals surface area contributed by atoms with Crippen LogP contribution in [0.3, 0.4) is 0 Å². The van der Waals surface area contributed by atoms with Crippen LogP contribution in [0.4, 0.5) is 4.39 Å². The highest BCUT2D eigenvalue weighted by molar-refractivity contribution is 5.81. The Hall–Kier alpha value is -1.42. The van der Waals surface area contributed by atoms with E-state index < -0.39 is 6.04 Å². The molecule has 4 heteroatoms. The Bertz CT molecular complexity index is 364. The summed E-state index contributed by atoms with van der Waals surface area (Å²) in [5, 5.41) is 2.81. The standard InChI is InChI=1S/C13H19FN2O/c1-3-4-12(15)13(17)16-9(2)10-5-7-11(14)8-6-10/h5-9,12H,3-4,15H2,1-2H3,(H,16,17)/t9?,12-/m0/s1. The summed E-state index contributed by atoms with van der Waals surface area (Å²) in [6.45, 7) is 3.83. The van der Waals surface area contributed by atoms with Crippen molar-refractivity contribution < 1.29 is 9.18 Å². The Morgan fingerprint density at radius 3 is 2.53 bits per heavy atom. The molecule has 1 aromatic rings. The fraction of sp³-hybridized carbons (Fsp3) is 0.462. The summed E-state index contributed by atoms with van der Waals surface area (Å²) in [5.74, 6) is -0.446. The average Bonchev–Trinajstić information content (AvgIpc) is 2.30. The van der Waals surface area contributed by atoms with E-state index in [0.717, 1.165) is 12.0 Å². The van der Waals surface area contributed by atoms with Gasteiger partial charge in [-0.25, -0.2) is 4.39 Å². The number of rotatable bonds is 5. The van der Waals surface area contributed by atoms with Crippen LogP contribution in [0.2, 0.25) is 0 Å². The maximum atomic E-state index is 12.7. The lowest BCUT2D eigenvalue weighted by Gasteiger charge is -2.17. The lowest BCUT2D eigenvalue weighted by atomic mass is 10.1. The zero-order chi connectivity index (χ0) is 12.8. The van der Waals surface area contributed by atoms with Gasteiger partial charge in [-0.3, -0.25) is 4.79 Å². The molecular formula is C13H19FN2O. The summed E-state index contributed by atoms with van der Waals surface area (Å²) in [6, 6.07) is 5.44. The van der Waals surface area contributed by atoms with Crippen LogP contribution in [0.5, 0.6) is 0 Å². The first-order chi connectivity index (χ1) is 8.04. The first-order valence-electron chi connectivity index (χ1n) is 5.86.